The van der Waals surface area contributed by atoms with E-state index in [9.17, 15) is 19.8 Å². The molecule has 1 amide bonds. The molecular formula is C28H40N2O5. The smallest absolute Gasteiger partial charge is 0.326 e. The van der Waals surface area contributed by atoms with Gasteiger partial charge in [0.2, 0.25) is 0 Å². The number of aliphatic carboxylic acids is 1. The molecule has 7 nitrogen and oxygen atoms in total. The van der Waals surface area contributed by atoms with E-state index in [0.717, 1.165) is 50.7 Å². The zero-order valence-corrected chi connectivity index (χ0v) is 21.5. The van der Waals surface area contributed by atoms with Gasteiger partial charge in [-0.25, -0.2) is 4.79 Å². The Morgan fingerprint density at radius 3 is 2.57 bits per heavy atom. The fraction of sp³-hybridized carbons (Fsp3) is 0.750. The molecule has 4 unspecified atom stereocenters. The van der Waals surface area contributed by atoms with Gasteiger partial charge in [0.05, 0.1) is 5.71 Å². The zero-order valence-electron chi connectivity index (χ0n) is 21.5. The Balaban J connectivity index is 1.41. The number of carbonyl (C=O) groups is 2. The van der Waals surface area contributed by atoms with E-state index in [4.69, 9.17) is 11.3 Å². The molecule has 35 heavy (non-hydrogen) atoms. The molecule has 3 fully saturated rings. The number of aliphatic hydroxyl groups is 1. The Bertz CT molecular complexity index is 980. The molecule has 0 aromatic rings. The van der Waals surface area contributed by atoms with Crippen molar-refractivity contribution in [3.8, 4) is 12.3 Å². The lowest BCUT2D eigenvalue weighted by Gasteiger charge is -2.58. The number of rotatable bonds is 6. The number of terminal acetylenes is 1. The molecular weight excluding hydrogens is 444 g/mol. The summed E-state index contributed by atoms with van der Waals surface area (Å²) in [6.45, 7) is 7.80. The summed E-state index contributed by atoms with van der Waals surface area (Å²) in [5.74, 6) is 2.62. The van der Waals surface area contributed by atoms with E-state index in [1.54, 1.807) is 13.8 Å². The van der Waals surface area contributed by atoms with Gasteiger partial charge in [-0.05, 0) is 86.5 Å². The van der Waals surface area contributed by atoms with Crippen molar-refractivity contribution in [2.45, 2.75) is 90.7 Å². The molecule has 0 bridgehead atoms. The van der Waals surface area contributed by atoms with Crippen molar-refractivity contribution in [3.05, 3.63) is 11.6 Å². The molecule has 0 aromatic heterocycles. The van der Waals surface area contributed by atoms with Gasteiger partial charge in [-0.3, -0.25) is 4.79 Å². The lowest BCUT2D eigenvalue weighted by Crippen LogP contribution is -2.54. The summed E-state index contributed by atoms with van der Waals surface area (Å²) in [5, 5.41) is 27.1. The van der Waals surface area contributed by atoms with Crippen molar-refractivity contribution in [2.75, 3.05) is 6.61 Å². The third kappa shape index (κ3) is 4.28. The average Bonchev–Trinajstić information content (AvgIpc) is 3.08. The molecule has 7 heteroatoms. The Kier molecular flexibility index (Phi) is 6.83. The summed E-state index contributed by atoms with van der Waals surface area (Å²) >= 11 is 0. The van der Waals surface area contributed by atoms with E-state index >= 15 is 0 Å². The Labute approximate surface area is 208 Å². The molecule has 0 aliphatic heterocycles. The number of nitrogens with one attached hydrogen (secondary N) is 1. The first-order chi connectivity index (χ1) is 16.4. The number of amides is 1. The van der Waals surface area contributed by atoms with E-state index in [-0.39, 0.29) is 23.4 Å². The Morgan fingerprint density at radius 1 is 1.20 bits per heavy atom. The van der Waals surface area contributed by atoms with Gasteiger partial charge in [-0.1, -0.05) is 44.3 Å². The van der Waals surface area contributed by atoms with Crippen LogP contribution in [0.15, 0.2) is 16.8 Å². The first kappa shape index (κ1) is 25.8. The van der Waals surface area contributed by atoms with Gasteiger partial charge in [0.25, 0.3) is 5.91 Å². The van der Waals surface area contributed by atoms with Crippen molar-refractivity contribution < 1.29 is 24.6 Å². The number of oxime groups is 1. The number of carbonyl (C=O) groups excluding carboxylic acids is 1. The number of hydrogen-bond acceptors (Lipinski definition) is 5. The molecule has 192 valence electrons. The number of nitrogens with zero attached hydrogens (tertiary/aromatic N) is 1. The summed E-state index contributed by atoms with van der Waals surface area (Å²) in [4.78, 5) is 28.7. The van der Waals surface area contributed by atoms with Crippen LogP contribution < -0.4 is 5.32 Å². The largest absolute Gasteiger partial charge is 0.480 e. The van der Waals surface area contributed by atoms with Crippen LogP contribution in [0.5, 0.6) is 0 Å². The van der Waals surface area contributed by atoms with Gasteiger partial charge in [0.1, 0.15) is 11.6 Å². The summed E-state index contributed by atoms with van der Waals surface area (Å²) in [6, 6.07) is -0.944. The SMILES string of the molecule is C#C[C@@]1(O)CCC2C3CCC4=C/C(=N/OCC(=O)NC(C(=O)O)C(C)C)CC[C@]4(C)C3CC[C@@]21C. The first-order valence-corrected chi connectivity index (χ1v) is 13.1. The van der Waals surface area contributed by atoms with Crippen molar-refractivity contribution in [3.63, 3.8) is 0 Å². The van der Waals surface area contributed by atoms with E-state index in [1.807, 2.05) is 0 Å². The number of carboxylic acids is 1. The minimum absolute atomic E-state index is 0.115. The highest BCUT2D eigenvalue weighted by atomic mass is 16.6. The third-order valence-electron chi connectivity index (χ3n) is 9.99. The predicted octanol–water partition coefficient (Wildman–Crippen LogP) is 3.91. The van der Waals surface area contributed by atoms with Crippen LogP contribution in [-0.2, 0) is 14.4 Å². The van der Waals surface area contributed by atoms with E-state index in [2.05, 4.69) is 36.3 Å². The summed E-state index contributed by atoms with van der Waals surface area (Å²) in [6.07, 6.45) is 15.6. The minimum atomic E-state index is -1.06. The molecule has 4 aliphatic rings. The predicted molar refractivity (Wildman–Crippen MR) is 133 cm³/mol. The van der Waals surface area contributed by atoms with E-state index in [0.29, 0.717) is 24.2 Å². The second kappa shape index (κ2) is 9.28. The molecule has 0 spiro atoms. The van der Waals surface area contributed by atoms with Crippen LogP contribution in [0.25, 0.3) is 0 Å². The van der Waals surface area contributed by atoms with Gasteiger partial charge in [-0.2, -0.15) is 0 Å². The molecule has 3 saturated carbocycles. The van der Waals surface area contributed by atoms with Crippen molar-refractivity contribution in [1.29, 1.82) is 0 Å². The van der Waals surface area contributed by atoms with E-state index in [1.165, 1.54) is 5.57 Å². The fourth-order valence-electron chi connectivity index (χ4n) is 7.80. The Hall–Kier alpha value is -2.33. The molecule has 0 aromatic carbocycles. The number of carboxylic acid groups (broad SMARTS) is 1. The topological polar surface area (TPSA) is 108 Å². The second-order valence-corrected chi connectivity index (χ2v) is 12.0. The maximum Gasteiger partial charge on any atom is 0.326 e. The van der Waals surface area contributed by atoms with Crippen LogP contribution in [0.1, 0.15) is 79.1 Å². The second-order valence-electron chi connectivity index (χ2n) is 12.0. The monoisotopic (exact) mass is 484 g/mol. The highest BCUT2D eigenvalue weighted by molar-refractivity contribution is 5.96. The van der Waals surface area contributed by atoms with Gasteiger partial charge in [0.15, 0.2) is 6.61 Å². The molecule has 7 atom stereocenters. The third-order valence-corrected chi connectivity index (χ3v) is 9.99. The maximum atomic E-state index is 12.1. The fourth-order valence-corrected chi connectivity index (χ4v) is 7.80. The summed E-state index contributed by atoms with van der Waals surface area (Å²) in [5.41, 5.74) is 1.20. The van der Waals surface area contributed by atoms with Gasteiger partial charge >= 0.3 is 5.97 Å². The Morgan fingerprint density at radius 2 is 1.91 bits per heavy atom. The highest BCUT2D eigenvalue weighted by Gasteiger charge is 2.63. The van der Waals surface area contributed by atoms with Gasteiger partial charge < -0.3 is 20.4 Å². The number of hydrogen-bond donors (Lipinski definition) is 3. The zero-order chi connectivity index (χ0) is 25.6. The molecule has 0 radical (unpaired) electrons. The van der Waals surface area contributed by atoms with Crippen molar-refractivity contribution >= 4 is 17.6 Å². The molecule has 3 N–H and O–H groups in total. The average molecular weight is 485 g/mol. The summed E-state index contributed by atoms with van der Waals surface area (Å²) in [7, 11) is 0. The minimum Gasteiger partial charge on any atom is -0.480 e. The van der Waals surface area contributed by atoms with Crippen LogP contribution in [-0.4, -0.2) is 46.1 Å². The lowest BCUT2D eigenvalue weighted by atomic mass is 9.46. The van der Waals surface area contributed by atoms with Gasteiger partial charge in [-0.15, -0.1) is 6.42 Å². The van der Waals surface area contributed by atoms with Crippen molar-refractivity contribution in [1.82, 2.24) is 5.32 Å². The first-order valence-electron chi connectivity index (χ1n) is 13.1. The highest BCUT2D eigenvalue weighted by Crippen LogP contribution is 2.67. The molecule has 0 saturated heterocycles. The number of allylic oxidation sites excluding steroid dienone is 2. The van der Waals surface area contributed by atoms with Crippen LogP contribution in [0.4, 0.5) is 0 Å². The molecule has 0 heterocycles. The maximum absolute atomic E-state index is 12.1. The van der Waals surface area contributed by atoms with Gasteiger partial charge in [0, 0.05) is 5.41 Å². The quantitative estimate of drug-likeness (QED) is 0.391. The van der Waals surface area contributed by atoms with Crippen LogP contribution in [0.2, 0.25) is 0 Å². The van der Waals surface area contributed by atoms with E-state index < -0.39 is 23.5 Å². The lowest BCUT2D eigenvalue weighted by molar-refractivity contribution is -0.143. The molecule has 4 rings (SSSR count). The van der Waals surface area contributed by atoms with Crippen LogP contribution >= 0.6 is 0 Å². The normalized spacial score (nSPS) is 40.1. The summed E-state index contributed by atoms with van der Waals surface area (Å²) < 4.78 is 0. The van der Waals surface area contributed by atoms with Crippen LogP contribution in [0, 0.1) is 46.8 Å². The molecule has 4 aliphatic carbocycles. The van der Waals surface area contributed by atoms with Crippen molar-refractivity contribution in [2.24, 2.45) is 39.7 Å². The standard InChI is InChI=1S/C28H40N2O5/c1-6-28(34)14-11-22-20-8-7-18-15-19(9-12-26(18,4)21(20)10-13-27(22,28)5)30-35-16-23(31)29-24(17(2)3)25(32)33/h1,15,17,20-22,24,34H,7-14,16H2,2-5H3,(H,29,31)(H,32,33)/b30-19+/t20?,21?,22?,24?,26-,27-,28+/m0/s1. The van der Waals surface area contributed by atoms with Crippen LogP contribution in [0.3, 0.4) is 0 Å². The number of fused-ring (bicyclic) bond motifs is 5.